The third kappa shape index (κ3) is 6.66. The molecule has 1 atom stereocenters. The number of benzene rings is 1. The second-order valence-electron chi connectivity index (χ2n) is 9.55. The van der Waals surface area contributed by atoms with E-state index < -0.39 is 39.2 Å². The van der Waals surface area contributed by atoms with Crippen LogP contribution in [0.2, 0.25) is 0 Å². The predicted molar refractivity (Wildman–Crippen MR) is 129 cm³/mol. The minimum absolute atomic E-state index is 0.00125. The fourth-order valence-corrected chi connectivity index (χ4v) is 6.35. The molecular weight excluding hydrogens is 454 g/mol. The highest BCUT2D eigenvalue weighted by molar-refractivity contribution is 7.89. The molecule has 0 spiro atoms. The lowest BCUT2D eigenvalue weighted by Gasteiger charge is -2.37. The summed E-state index contributed by atoms with van der Waals surface area (Å²) in [6.45, 7) is 1.97. The first-order valence-electron chi connectivity index (χ1n) is 12.5. The lowest BCUT2D eigenvalue weighted by molar-refractivity contribution is -0.141. The monoisotopic (exact) mass is 491 g/mol. The second kappa shape index (κ2) is 11.9. The number of ketones is 1. The lowest BCUT2D eigenvalue weighted by atomic mass is 9.81. The maximum absolute atomic E-state index is 13.6. The molecule has 0 radical (unpaired) electrons. The van der Waals surface area contributed by atoms with Crippen LogP contribution in [0.5, 0.6) is 0 Å². The van der Waals surface area contributed by atoms with E-state index in [9.17, 15) is 22.8 Å². The first-order valence-corrected chi connectivity index (χ1v) is 14.0. The van der Waals surface area contributed by atoms with E-state index in [0.29, 0.717) is 38.5 Å². The van der Waals surface area contributed by atoms with Gasteiger partial charge in [0, 0.05) is 6.04 Å². The van der Waals surface area contributed by atoms with Crippen molar-refractivity contribution < 1.29 is 22.8 Å². The topological polar surface area (TPSA) is 121 Å². The zero-order valence-electron chi connectivity index (χ0n) is 20.0. The van der Waals surface area contributed by atoms with Crippen molar-refractivity contribution >= 4 is 27.6 Å². The van der Waals surface area contributed by atoms with Crippen molar-refractivity contribution in [3.63, 3.8) is 0 Å². The maximum atomic E-state index is 13.6. The van der Waals surface area contributed by atoms with Gasteiger partial charge in [0.25, 0.3) is 5.91 Å². The summed E-state index contributed by atoms with van der Waals surface area (Å²) in [6, 6.07) is 6.97. The molecule has 3 N–H and O–H groups in total. The first kappa shape index (κ1) is 26.3. The van der Waals surface area contributed by atoms with Gasteiger partial charge in [-0.05, 0) is 44.2 Å². The molecule has 3 rings (SSSR count). The van der Waals surface area contributed by atoms with Crippen molar-refractivity contribution in [3.05, 3.63) is 30.3 Å². The van der Waals surface area contributed by atoms with E-state index in [0.717, 1.165) is 38.5 Å². The fraction of sp³-hybridized carbons (Fsp3) is 0.640. The van der Waals surface area contributed by atoms with Crippen molar-refractivity contribution in [3.8, 4) is 0 Å². The minimum Gasteiger partial charge on any atom is -0.347 e. The third-order valence-electron chi connectivity index (χ3n) is 6.91. The molecule has 0 heterocycles. The molecule has 1 aromatic rings. The zero-order valence-corrected chi connectivity index (χ0v) is 20.8. The number of amides is 2. The molecule has 34 heavy (non-hydrogen) atoms. The highest BCUT2D eigenvalue weighted by atomic mass is 32.2. The van der Waals surface area contributed by atoms with Crippen LogP contribution in [0.3, 0.4) is 0 Å². The number of Topliss-reactive ketones (excluding diaryl/α,β-unsaturated/α-hetero) is 1. The molecule has 2 saturated carbocycles. The summed E-state index contributed by atoms with van der Waals surface area (Å²) < 4.78 is 28.8. The maximum Gasteiger partial charge on any atom is 0.289 e. The summed E-state index contributed by atoms with van der Waals surface area (Å²) >= 11 is 0. The molecule has 9 heteroatoms. The van der Waals surface area contributed by atoms with Gasteiger partial charge < -0.3 is 10.6 Å². The van der Waals surface area contributed by atoms with Crippen LogP contribution in [-0.2, 0) is 24.4 Å². The molecule has 2 aliphatic carbocycles. The molecule has 8 nitrogen and oxygen atoms in total. The SMILES string of the molecule is CCCC[C@H](NC(=O)C1(NS(=O)(=O)c2ccccc2)CCCCC1)C(=O)C(=O)NC1CCCC1. The molecule has 0 saturated heterocycles. The average molecular weight is 492 g/mol. The van der Waals surface area contributed by atoms with Gasteiger partial charge >= 0.3 is 0 Å². The number of sulfonamides is 1. The van der Waals surface area contributed by atoms with Crippen molar-refractivity contribution in [2.24, 2.45) is 0 Å². The Hall–Kier alpha value is -2.26. The quantitative estimate of drug-likeness (QED) is 0.411. The van der Waals surface area contributed by atoms with Gasteiger partial charge in [0.1, 0.15) is 5.54 Å². The normalized spacial score (nSPS) is 19.3. The van der Waals surface area contributed by atoms with Crippen LogP contribution in [0.15, 0.2) is 35.2 Å². The number of nitrogens with one attached hydrogen (secondary N) is 3. The standard InChI is InChI=1S/C25H37N3O5S/c1-2-3-16-21(22(29)23(30)26-19-12-8-9-13-19)27-24(31)25(17-10-5-11-18-25)28-34(32,33)20-14-6-4-7-15-20/h4,6-7,14-15,19,21,28H,2-3,5,8-13,16-18H2,1H3,(H,26,30)(H,27,31)/t21-/m0/s1. The van der Waals surface area contributed by atoms with Crippen LogP contribution in [0.1, 0.15) is 84.0 Å². The summed E-state index contributed by atoms with van der Waals surface area (Å²) in [5.41, 5.74) is -1.35. The summed E-state index contributed by atoms with van der Waals surface area (Å²) in [5.74, 6) is -1.86. The molecule has 0 aromatic heterocycles. The van der Waals surface area contributed by atoms with Crippen molar-refractivity contribution in [1.29, 1.82) is 0 Å². The van der Waals surface area contributed by atoms with Gasteiger partial charge in [-0.1, -0.05) is 70.1 Å². The summed E-state index contributed by atoms with van der Waals surface area (Å²) in [6.07, 6.45) is 8.54. The van der Waals surface area contributed by atoms with Crippen LogP contribution in [-0.4, -0.2) is 43.6 Å². The molecule has 0 aliphatic heterocycles. The van der Waals surface area contributed by atoms with Crippen molar-refractivity contribution in [2.75, 3.05) is 0 Å². The van der Waals surface area contributed by atoms with Gasteiger partial charge in [-0.3, -0.25) is 14.4 Å². The average Bonchev–Trinajstić information content (AvgIpc) is 3.35. The van der Waals surface area contributed by atoms with Gasteiger partial charge in [-0.15, -0.1) is 0 Å². The third-order valence-corrected chi connectivity index (χ3v) is 8.46. The van der Waals surface area contributed by atoms with Gasteiger partial charge in [0.15, 0.2) is 0 Å². The van der Waals surface area contributed by atoms with Crippen LogP contribution < -0.4 is 15.4 Å². The number of hydrogen-bond acceptors (Lipinski definition) is 5. The molecule has 2 fully saturated rings. The van der Waals surface area contributed by atoms with Crippen LogP contribution in [0.4, 0.5) is 0 Å². The highest BCUT2D eigenvalue weighted by Crippen LogP contribution is 2.31. The number of rotatable bonds is 11. The molecule has 0 unspecified atom stereocenters. The van der Waals surface area contributed by atoms with E-state index in [1.165, 1.54) is 12.1 Å². The number of carbonyl (C=O) groups is 3. The summed E-state index contributed by atoms with van der Waals surface area (Å²) in [4.78, 5) is 39.3. The van der Waals surface area contributed by atoms with Crippen LogP contribution >= 0.6 is 0 Å². The van der Waals surface area contributed by atoms with Gasteiger partial charge in [-0.2, -0.15) is 4.72 Å². The fourth-order valence-electron chi connectivity index (χ4n) is 4.90. The van der Waals surface area contributed by atoms with E-state index in [4.69, 9.17) is 0 Å². The molecule has 188 valence electrons. The van der Waals surface area contributed by atoms with Crippen molar-refractivity contribution in [1.82, 2.24) is 15.4 Å². The molecule has 2 aliphatic rings. The van der Waals surface area contributed by atoms with E-state index >= 15 is 0 Å². The zero-order chi connectivity index (χ0) is 24.6. The lowest BCUT2D eigenvalue weighted by Crippen LogP contribution is -2.62. The largest absolute Gasteiger partial charge is 0.347 e. The Morgan fingerprint density at radius 1 is 1.00 bits per heavy atom. The highest BCUT2D eigenvalue weighted by Gasteiger charge is 2.44. The van der Waals surface area contributed by atoms with E-state index in [1.807, 2.05) is 6.92 Å². The van der Waals surface area contributed by atoms with Gasteiger partial charge in [0.2, 0.25) is 21.7 Å². The number of unbranched alkanes of at least 4 members (excludes halogenated alkanes) is 1. The van der Waals surface area contributed by atoms with Gasteiger partial charge in [0.05, 0.1) is 10.9 Å². The summed E-state index contributed by atoms with van der Waals surface area (Å²) in [5, 5.41) is 5.57. The predicted octanol–water partition coefficient (Wildman–Crippen LogP) is 2.97. The smallest absolute Gasteiger partial charge is 0.289 e. The van der Waals surface area contributed by atoms with Gasteiger partial charge in [-0.25, -0.2) is 8.42 Å². The molecule has 0 bridgehead atoms. The van der Waals surface area contributed by atoms with E-state index in [1.54, 1.807) is 18.2 Å². The second-order valence-corrected chi connectivity index (χ2v) is 11.2. The van der Waals surface area contributed by atoms with E-state index in [2.05, 4.69) is 15.4 Å². The Bertz CT molecular complexity index is 952. The Kier molecular flexibility index (Phi) is 9.24. The van der Waals surface area contributed by atoms with Crippen LogP contribution in [0.25, 0.3) is 0 Å². The Morgan fingerprint density at radius 3 is 2.26 bits per heavy atom. The first-order chi connectivity index (χ1) is 16.3. The van der Waals surface area contributed by atoms with Crippen LogP contribution in [0, 0.1) is 0 Å². The molecule has 2 amide bonds. The Labute approximate surface area is 202 Å². The van der Waals surface area contributed by atoms with Crippen molar-refractivity contribution in [2.45, 2.75) is 106 Å². The number of carbonyl (C=O) groups excluding carboxylic acids is 3. The molecular formula is C25H37N3O5S. The Morgan fingerprint density at radius 2 is 1.65 bits per heavy atom. The van der Waals surface area contributed by atoms with E-state index in [-0.39, 0.29) is 10.9 Å². The molecule has 1 aromatic carbocycles. The minimum atomic E-state index is -3.94. The summed E-state index contributed by atoms with van der Waals surface area (Å²) in [7, 11) is -3.94. The number of hydrogen-bond donors (Lipinski definition) is 3. The Balaban J connectivity index is 1.78.